The van der Waals surface area contributed by atoms with E-state index in [1.54, 1.807) is 12.1 Å². The zero-order valence-electron chi connectivity index (χ0n) is 11.3. The number of hydrogen-bond donors (Lipinski definition) is 1. The van der Waals surface area contributed by atoms with E-state index >= 15 is 0 Å². The molecule has 1 heterocycles. The molecule has 0 radical (unpaired) electrons. The summed E-state index contributed by atoms with van der Waals surface area (Å²) in [7, 11) is 0. The Kier molecular flexibility index (Phi) is 4.93. The van der Waals surface area contributed by atoms with Crippen molar-refractivity contribution in [3.63, 3.8) is 0 Å². The molecule has 1 aliphatic heterocycles. The van der Waals surface area contributed by atoms with E-state index in [4.69, 9.17) is 9.84 Å². The van der Waals surface area contributed by atoms with E-state index in [1.165, 1.54) is 0 Å². The van der Waals surface area contributed by atoms with Gasteiger partial charge in [-0.05, 0) is 24.1 Å². The average molecular weight is 263 g/mol. The van der Waals surface area contributed by atoms with Crippen LogP contribution in [0.1, 0.15) is 35.7 Å². The van der Waals surface area contributed by atoms with Gasteiger partial charge in [-0.2, -0.15) is 0 Å². The quantitative estimate of drug-likeness (QED) is 0.886. The van der Waals surface area contributed by atoms with Gasteiger partial charge in [-0.25, -0.2) is 4.79 Å². The number of carboxylic acid groups (broad SMARTS) is 1. The fourth-order valence-corrected chi connectivity index (χ4v) is 2.43. The first kappa shape index (κ1) is 14.0. The average Bonchev–Trinajstić information content (AvgIpc) is 2.40. The molecule has 2 rings (SSSR count). The summed E-state index contributed by atoms with van der Waals surface area (Å²) >= 11 is 0. The number of morpholine rings is 1. The van der Waals surface area contributed by atoms with Crippen LogP contribution in [0.2, 0.25) is 0 Å². The molecule has 0 aliphatic carbocycles. The maximum atomic E-state index is 10.8. The second-order valence-corrected chi connectivity index (χ2v) is 5.02. The third kappa shape index (κ3) is 4.04. The third-order valence-corrected chi connectivity index (χ3v) is 3.44. The van der Waals surface area contributed by atoms with E-state index in [0.29, 0.717) is 11.7 Å². The molecule has 104 valence electrons. The van der Waals surface area contributed by atoms with Crippen molar-refractivity contribution < 1.29 is 14.6 Å². The molecule has 19 heavy (non-hydrogen) atoms. The van der Waals surface area contributed by atoms with Crippen molar-refractivity contribution in [1.29, 1.82) is 0 Å². The summed E-state index contributed by atoms with van der Waals surface area (Å²) in [5, 5.41) is 8.86. The summed E-state index contributed by atoms with van der Waals surface area (Å²) in [6.07, 6.45) is 2.59. The molecule has 1 aliphatic rings. The van der Waals surface area contributed by atoms with E-state index < -0.39 is 5.97 Å². The van der Waals surface area contributed by atoms with Gasteiger partial charge in [-0.15, -0.1) is 0 Å². The zero-order chi connectivity index (χ0) is 13.7. The van der Waals surface area contributed by atoms with Gasteiger partial charge in [0, 0.05) is 19.6 Å². The predicted molar refractivity (Wildman–Crippen MR) is 73.3 cm³/mol. The second-order valence-electron chi connectivity index (χ2n) is 5.02. The molecule has 0 bridgehead atoms. The molecule has 1 atom stereocenters. The van der Waals surface area contributed by atoms with Crippen molar-refractivity contribution in [2.24, 2.45) is 0 Å². The van der Waals surface area contributed by atoms with Gasteiger partial charge in [0.1, 0.15) is 0 Å². The van der Waals surface area contributed by atoms with E-state index in [1.807, 2.05) is 12.1 Å². The van der Waals surface area contributed by atoms with Crippen LogP contribution in [0.15, 0.2) is 24.3 Å². The summed E-state index contributed by atoms with van der Waals surface area (Å²) in [4.78, 5) is 13.2. The smallest absolute Gasteiger partial charge is 0.335 e. The van der Waals surface area contributed by atoms with E-state index in [9.17, 15) is 4.79 Å². The molecule has 0 amide bonds. The maximum absolute atomic E-state index is 10.8. The van der Waals surface area contributed by atoms with E-state index in [0.717, 1.165) is 44.6 Å². The number of hydrogen-bond acceptors (Lipinski definition) is 3. The highest BCUT2D eigenvalue weighted by molar-refractivity contribution is 5.87. The molecule has 1 aromatic rings. The van der Waals surface area contributed by atoms with Crippen molar-refractivity contribution in [1.82, 2.24) is 4.90 Å². The van der Waals surface area contributed by atoms with Crippen LogP contribution in [0.3, 0.4) is 0 Å². The van der Waals surface area contributed by atoms with Crippen LogP contribution in [0, 0.1) is 0 Å². The fraction of sp³-hybridized carbons (Fsp3) is 0.533. The number of ether oxygens (including phenoxy) is 1. The first-order valence-corrected chi connectivity index (χ1v) is 6.85. The fourth-order valence-electron chi connectivity index (χ4n) is 2.43. The highest BCUT2D eigenvalue weighted by atomic mass is 16.5. The molecule has 1 fully saturated rings. The first-order valence-electron chi connectivity index (χ1n) is 6.85. The summed E-state index contributed by atoms with van der Waals surface area (Å²) in [5.41, 5.74) is 1.50. The summed E-state index contributed by atoms with van der Waals surface area (Å²) in [6, 6.07) is 7.13. The van der Waals surface area contributed by atoms with E-state index in [2.05, 4.69) is 11.8 Å². The number of carboxylic acids is 1. The predicted octanol–water partition coefficient (Wildman–Crippen LogP) is 2.39. The molecular weight excluding hydrogens is 242 g/mol. The lowest BCUT2D eigenvalue weighted by Gasteiger charge is -2.32. The molecule has 4 nitrogen and oxygen atoms in total. The molecule has 1 saturated heterocycles. The lowest BCUT2D eigenvalue weighted by molar-refractivity contribution is -0.0350. The van der Waals surface area contributed by atoms with Gasteiger partial charge in [0.25, 0.3) is 0 Å². The minimum Gasteiger partial charge on any atom is -0.478 e. The Hall–Kier alpha value is -1.39. The Balaban J connectivity index is 1.91. The molecule has 0 saturated carbocycles. The van der Waals surface area contributed by atoms with Gasteiger partial charge in [-0.1, -0.05) is 25.5 Å². The Morgan fingerprint density at radius 2 is 2.16 bits per heavy atom. The Bertz CT molecular complexity index is 414. The number of benzene rings is 1. The van der Waals surface area contributed by atoms with E-state index in [-0.39, 0.29) is 0 Å². The third-order valence-electron chi connectivity index (χ3n) is 3.44. The topological polar surface area (TPSA) is 49.8 Å². The molecule has 4 heteroatoms. The summed E-state index contributed by atoms with van der Waals surface area (Å²) in [6.45, 7) is 5.74. The first-order chi connectivity index (χ1) is 9.19. The van der Waals surface area contributed by atoms with Crippen LogP contribution in [-0.4, -0.2) is 41.8 Å². The Morgan fingerprint density at radius 1 is 1.42 bits per heavy atom. The normalized spacial score (nSPS) is 20.4. The van der Waals surface area contributed by atoms with Gasteiger partial charge in [0.2, 0.25) is 0 Å². The van der Waals surface area contributed by atoms with Gasteiger partial charge in [-0.3, -0.25) is 4.90 Å². The largest absolute Gasteiger partial charge is 0.478 e. The summed E-state index contributed by atoms with van der Waals surface area (Å²) in [5.74, 6) is -0.874. The SMILES string of the molecule is CCCC1CN(Cc2ccc(C(=O)O)cc2)CCO1. The van der Waals surface area contributed by atoms with Gasteiger partial charge in [0.15, 0.2) is 0 Å². The highest BCUT2D eigenvalue weighted by Gasteiger charge is 2.19. The lowest BCUT2D eigenvalue weighted by Crippen LogP contribution is -2.41. The molecule has 1 unspecified atom stereocenters. The number of nitrogens with zero attached hydrogens (tertiary/aromatic N) is 1. The molecule has 0 spiro atoms. The summed E-state index contributed by atoms with van der Waals surface area (Å²) < 4.78 is 5.72. The molecule has 1 N–H and O–H groups in total. The van der Waals surface area contributed by atoms with Crippen molar-refractivity contribution in [3.05, 3.63) is 35.4 Å². The lowest BCUT2D eigenvalue weighted by atomic mass is 10.1. The van der Waals surface area contributed by atoms with Crippen molar-refractivity contribution in [2.75, 3.05) is 19.7 Å². The minimum atomic E-state index is -0.874. The van der Waals surface area contributed by atoms with Crippen LogP contribution in [0.25, 0.3) is 0 Å². The highest BCUT2D eigenvalue weighted by Crippen LogP contribution is 2.14. The molecule has 0 aromatic heterocycles. The second kappa shape index (κ2) is 6.68. The maximum Gasteiger partial charge on any atom is 0.335 e. The Labute approximate surface area is 114 Å². The monoisotopic (exact) mass is 263 g/mol. The van der Waals surface area contributed by atoms with Crippen LogP contribution in [0.5, 0.6) is 0 Å². The standard InChI is InChI=1S/C15H21NO3/c1-2-3-14-11-16(8-9-19-14)10-12-4-6-13(7-5-12)15(17)18/h4-7,14H,2-3,8-11H2,1H3,(H,17,18). The van der Waals surface area contributed by atoms with Gasteiger partial charge >= 0.3 is 5.97 Å². The van der Waals surface area contributed by atoms with Gasteiger partial charge in [0.05, 0.1) is 18.3 Å². The zero-order valence-corrected chi connectivity index (χ0v) is 11.3. The van der Waals surface area contributed by atoms with Crippen molar-refractivity contribution in [2.45, 2.75) is 32.4 Å². The number of aromatic carboxylic acids is 1. The van der Waals surface area contributed by atoms with Crippen molar-refractivity contribution >= 4 is 5.97 Å². The van der Waals surface area contributed by atoms with Crippen LogP contribution >= 0.6 is 0 Å². The number of carbonyl (C=O) groups is 1. The Morgan fingerprint density at radius 3 is 2.79 bits per heavy atom. The number of rotatable bonds is 5. The van der Waals surface area contributed by atoms with Crippen LogP contribution in [0.4, 0.5) is 0 Å². The van der Waals surface area contributed by atoms with Crippen molar-refractivity contribution in [3.8, 4) is 0 Å². The molecule has 1 aromatic carbocycles. The molecular formula is C15H21NO3. The van der Waals surface area contributed by atoms with Crippen LogP contribution in [-0.2, 0) is 11.3 Å². The van der Waals surface area contributed by atoms with Gasteiger partial charge < -0.3 is 9.84 Å². The minimum absolute atomic E-state index is 0.342. The van der Waals surface area contributed by atoms with Crippen LogP contribution < -0.4 is 0 Å².